The van der Waals surface area contributed by atoms with Gasteiger partial charge in [0.25, 0.3) is 0 Å². The molecular formula is C17H21Cl4NO3. The monoisotopic (exact) mass is 427 g/mol. The Labute approximate surface area is 168 Å². The van der Waals surface area contributed by atoms with E-state index in [1.807, 2.05) is 6.92 Å². The average molecular weight is 429 g/mol. The van der Waals surface area contributed by atoms with Crippen molar-refractivity contribution in [3.8, 4) is 11.5 Å². The van der Waals surface area contributed by atoms with Gasteiger partial charge in [-0.25, -0.2) is 0 Å². The van der Waals surface area contributed by atoms with E-state index in [1.54, 1.807) is 12.1 Å². The molecule has 0 amide bonds. The second-order valence-electron chi connectivity index (χ2n) is 5.16. The molecule has 8 heteroatoms. The molecule has 0 aliphatic carbocycles. The summed E-state index contributed by atoms with van der Waals surface area (Å²) in [6.45, 7) is 6.86. The molecule has 1 aromatic carbocycles. The fourth-order valence-corrected chi connectivity index (χ4v) is 2.46. The van der Waals surface area contributed by atoms with E-state index in [4.69, 9.17) is 60.7 Å². The molecule has 0 saturated heterocycles. The highest BCUT2D eigenvalue weighted by Gasteiger charge is 2.10. The molecule has 0 unspecified atom stereocenters. The van der Waals surface area contributed by atoms with Gasteiger partial charge in [0.15, 0.2) is 5.75 Å². The zero-order valence-electron chi connectivity index (χ0n) is 13.9. The molecule has 0 aromatic heterocycles. The van der Waals surface area contributed by atoms with Crippen molar-refractivity contribution in [2.75, 3.05) is 19.8 Å². The van der Waals surface area contributed by atoms with Crippen molar-refractivity contribution in [1.29, 1.82) is 0 Å². The van der Waals surface area contributed by atoms with Crippen LogP contribution in [0.15, 0.2) is 35.0 Å². The van der Waals surface area contributed by atoms with Crippen molar-refractivity contribution >= 4 is 46.4 Å². The van der Waals surface area contributed by atoms with Crippen molar-refractivity contribution in [3.05, 3.63) is 45.0 Å². The summed E-state index contributed by atoms with van der Waals surface area (Å²) in [4.78, 5) is 5.19. The minimum atomic E-state index is 0.137. The number of rotatable bonds is 12. The third-order valence-electron chi connectivity index (χ3n) is 2.84. The average Bonchev–Trinajstić information content (AvgIpc) is 2.51. The molecule has 0 aliphatic rings. The number of hydrogen-bond donors (Lipinski definition) is 1. The number of halogens is 4. The van der Waals surface area contributed by atoms with Crippen LogP contribution in [-0.2, 0) is 4.84 Å². The predicted molar refractivity (Wildman–Crippen MR) is 105 cm³/mol. The topological polar surface area (TPSA) is 39.7 Å². The molecule has 1 aromatic rings. The van der Waals surface area contributed by atoms with Gasteiger partial charge in [-0.15, -0.1) is 0 Å². The molecule has 25 heavy (non-hydrogen) atoms. The number of hydrogen-bond acceptors (Lipinski definition) is 4. The molecule has 0 radical (unpaired) electrons. The Bertz CT molecular complexity index is 566. The van der Waals surface area contributed by atoms with E-state index in [-0.39, 0.29) is 11.1 Å². The van der Waals surface area contributed by atoms with Crippen molar-refractivity contribution in [3.63, 3.8) is 0 Å². The Hall–Kier alpha value is -0.780. The molecule has 140 valence electrons. The van der Waals surface area contributed by atoms with Gasteiger partial charge in [0, 0.05) is 17.8 Å². The van der Waals surface area contributed by atoms with E-state index in [2.05, 4.69) is 12.1 Å². The first-order valence-electron chi connectivity index (χ1n) is 7.69. The molecule has 1 N–H and O–H groups in total. The maximum atomic E-state index is 6.19. The summed E-state index contributed by atoms with van der Waals surface area (Å²) in [5.41, 5.74) is 3.49. The fraction of sp³-hybridized carbons (Fsp3) is 0.412. The van der Waals surface area contributed by atoms with Gasteiger partial charge in [0.05, 0.1) is 23.3 Å². The van der Waals surface area contributed by atoms with Crippen LogP contribution in [0.1, 0.15) is 26.2 Å². The number of hydroxylamine groups is 1. The molecule has 0 spiro atoms. The second-order valence-corrected chi connectivity index (χ2v) is 6.98. The Morgan fingerprint density at radius 1 is 1.08 bits per heavy atom. The standard InChI is InChI=1S/C17H21Cl4NO3/c1-12(2)22-25-8-5-3-4-7-24-17-14(18)10-13(11-15(17)19)23-9-6-16(20)21/h6,10-11,22H,1,3-5,7-9H2,2H3. The van der Waals surface area contributed by atoms with E-state index < -0.39 is 0 Å². The van der Waals surface area contributed by atoms with Crippen LogP contribution in [0.25, 0.3) is 0 Å². The molecule has 0 heterocycles. The highest BCUT2D eigenvalue weighted by molar-refractivity contribution is 6.55. The van der Waals surface area contributed by atoms with Crippen LogP contribution in [-0.4, -0.2) is 19.8 Å². The van der Waals surface area contributed by atoms with Crippen LogP contribution in [0, 0.1) is 0 Å². The number of unbranched alkanes of at least 4 members (excludes halogenated alkanes) is 2. The lowest BCUT2D eigenvalue weighted by atomic mass is 10.2. The van der Waals surface area contributed by atoms with Crippen molar-refractivity contribution in [2.45, 2.75) is 26.2 Å². The van der Waals surface area contributed by atoms with Crippen molar-refractivity contribution in [1.82, 2.24) is 5.48 Å². The van der Waals surface area contributed by atoms with Gasteiger partial charge in [0.1, 0.15) is 16.8 Å². The first-order chi connectivity index (χ1) is 11.9. The Balaban J connectivity index is 2.34. The maximum absolute atomic E-state index is 6.19. The normalized spacial score (nSPS) is 10.3. The minimum absolute atomic E-state index is 0.137. The summed E-state index contributed by atoms with van der Waals surface area (Å²) in [5, 5.41) is 0.773. The number of benzene rings is 1. The van der Waals surface area contributed by atoms with Crippen molar-refractivity contribution < 1.29 is 14.3 Å². The fourth-order valence-electron chi connectivity index (χ4n) is 1.76. The van der Waals surface area contributed by atoms with E-state index in [0.29, 0.717) is 34.8 Å². The van der Waals surface area contributed by atoms with Crippen LogP contribution >= 0.6 is 46.4 Å². The summed E-state index contributed by atoms with van der Waals surface area (Å²) >= 11 is 23.4. The smallest absolute Gasteiger partial charge is 0.156 e. The molecule has 0 bridgehead atoms. The first-order valence-corrected chi connectivity index (χ1v) is 9.20. The quantitative estimate of drug-likeness (QED) is 0.313. The summed E-state index contributed by atoms with van der Waals surface area (Å²) in [5.74, 6) is 0.956. The highest BCUT2D eigenvalue weighted by Crippen LogP contribution is 2.37. The van der Waals surface area contributed by atoms with Gasteiger partial charge < -0.3 is 9.47 Å². The molecule has 0 aliphatic heterocycles. The van der Waals surface area contributed by atoms with Gasteiger partial charge in [-0.05, 0) is 32.3 Å². The van der Waals surface area contributed by atoms with E-state index >= 15 is 0 Å². The molecule has 0 atom stereocenters. The van der Waals surface area contributed by atoms with Gasteiger partial charge in [-0.3, -0.25) is 10.3 Å². The molecule has 0 saturated carbocycles. The van der Waals surface area contributed by atoms with Gasteiger partial charge >= 0.3 is 0 Å². The summed E-state index contributed by atoms with van der Waals surface area (Å²) in [6, 6.07) is 3.27. The van der Waals surface area contributed by atoms with E-state index in [1.165, 1.54) is 6.08 Å². The summed E-state index contributed by atoms with van der Waals surface area (Å²) in [6.07, 6.45) is 4.25. The molecule has 4 nitrogen and oxygen atoms in total. The van der Waals surface area contributed by atoms with Gasteiger partial charge in [0.2, 0.25) is 0 Å². The first kappa shape index (κ1) is 22.3. The van der Waals surface area contributed by atoms with Crippen LogP contribution in [0.3, 0.4) is 0 Å². The SMILES string of the molecule is C=C(C)NOCCCCCOc1c(Cl)cc(OCC=C(Cl)Cl)cc1Cl. The van der Waals surface area contributed by atoms with Crippen LogP contribution in [0.2, 0.25) is 10.0 Å². The molecular weight excluding hydrogens is 408 g/mol. The number of ether oxygens (including phenoxy) is 2. The van der Waals surface area contributed by atoms with Crippen LogP contribution in [0.5, 0.6) is 11.5 Å². The minimum Gasteiger partial charge on any atom is -0.490 e. The zero-order valence-corrected chi connectivity index (χ0v) is 16.9. The summed E-state index contributed by atoms with van der Waals surface area (Å²) in [7, 11) is 0. The number of nitrogens with one attached hydrogen (secondary N) is 1. The Morgan fingerprint density at radius 3 is 2.32 bits per heavy atom. The zero-order chi connectivity index (χ0) is 18.7. The van der Waals surface area contributed by atoms with E-state index in [0.717, 1.165) is 25.0 Å². The Morgan fingerprint density at radius 2 is 1.72 bits per heavy atom. The van der Waals surface area contributed by atoms with Crippen LogP contribution in [0.4, 0.5) is 0 Å². The Kier molecular flexibility index (Phi) is 11.2. The van der Waals surface area contributed by atoms with Crippen LogP contribution < -0.4 is 15.0 Å². The lowest BCUT2D eigenvalue weighted by Crippen LogP contribution is -2.12. The van der Waals surface area contributed by atoms with E-state index in [9.17, 15) is 0 Å². The third-order valence-corrected chi connectivity index (χ3v) is 3.71. The highest BCUT2D eigenvalue weighted by atomic mass is 35.5. The summed E-state index contributed by atoms with van der Waals surface area (Å²) < 4.78 is 11.2. The lowest BCUT2D eigenvalue weighted by molar-refractivity contribution is 0.0597. The largest absolute Gasteiger partial charge is 0.490 e. The van der Waals surface area contributed by atoms with Gasteiger partial charge in [-0.2, -0.15) is 0 Å². The molecule has 0 fully saturated rings. The number of allylic oxidation sites excluding steroid dienone is 1. The lowest BCUT2D eigenvalue weighted by Gasteiger charge is -2.12. The van der Waals surface area contributed by atoms with Crippen molar-refractivity contribution in [2.24, 2.45) is 0 Å². The predicted octanol–water partition coefficient (Wildman–Crippen LogP) is 6.30. The third kappa shape index (κ3) is 10.1. The second kappa shape index (κ2) is 12.6. The maximum Gasteiger partial charge on any atom is 0.156 e. The van der Waals surface area contributed by atoms with Gasteiger partial charge in [-0.1, -0.05) is 53.0 Å². The molecule has 1 rings (SSSR count).